The minimum atomic E-state index is 0.203. The van der Waals surface area contributed by atoms with E-state index in [1.54, 1.807) is 6.92 Å². The first-order valence-electron chi connectivity index (χ1n) is 8.61. The first kappa shape index (κ1) is 17.8. The van der Waals surface area contributed by atoms with Gasteiger partial charge in [0.1, 0.15) is 11.5 Å². The van der Waals surface area contributed by atoms with E-state index in [2.05, 4.69) is 40.4 Å². The van der Waals surface area contributed by atoms with E-state index in [1.165, 1.54) is 22.0 Å². The Bertz CT molecular complexity index is 842. The molecule has 0 amide bonds. The number of aliphatic imine (C=N–C) groups is 1. The number of hydrogen-bond donors (Lipinski definition) is 0. The van der Waals surface area contributed by atoms with Crippen LogP contribution in [0.15, 0.2) is 41.4 Å². The minimum Gasteiger partial charge on any atom is -0.493 e. The van der Waals surface area contributed by atoms with Gasteiger partial charge in [0, 0.05) is 12.8 Å². The number of ketones is 1. The third-order valence-corrected chi connectivity index (χ3v) is 5.07. The zero-order chi connectivity index (χ0) is 18.0. The topological polar surface area (TPSA) is 38.7 Å². The Morgan fingerprint density at radius 3 is 2.80 bits per heavy atom. The number of benzene rings is 2. The quantitative estimate of drug-likeness (QED) is 0.731. The van der Waals surface area contributed by atoms with Gasteiger partial charge in [0.15, 0.2) is 0 Å². The SMILES string of the molecule is CC(=O)C[C@@H](C)COc1ccc2c(c1)CC(c1ccc(C)c(P)c1)=N2. The Labute approximate surface area is 151 Å². The average molecular weight is 353 g/mol. The second kappa shape index (κ2) is 7.49. The molecule has 0 saturated carbocycles. The van der Waals surface area contributed by atoms with Crippen molar-refractivity contribution in [2.75, 3.05) is 6.61 Å². The van der Waals surface area contributed by atoms with Crippen molar-refractivity contribution < 1.29 is 9.53 Å². The van der Waals surface area contributed by atoms with E-state index in [9.17, 15) is 4.79 Å². The van der Waals surface area contributed by atoms with Crippen LogP contribution in [0, 0.1) is 12.8 Å². The fourth-order valence-electron chi connectivity index (χ4n) is 3.04. The molecule has 25 heavy (non-hydrogen) atoms. The van der Waals surface area contributed by atoms with Crippen molar-refractivity contribution in [3.05, 3.63) is 53.1 Å². The molecule has 0 radical (unpaired) electrons. The van der Waals surface area contributed by atoms with Gasteiger partial charge in [0.05, 0.1) is 18.0 Å². The van der Waals surface area contributed by atoms with Crippen LogP contribution in [0.3, 0.4) is 0 Å². The second-order valence-electron chi connectivity index (χ2n) is 6.92. The lowest BCUT2D eigenvalue weighted by Crippen LogP contribution is -2.11. The number of hydrogen-bond acceptors (Lipinski definition) is 3. The van der Waals surface area contributed by atoms with E-state index in [0.717, 1.165) is 23.6 Å². The number of carbonyl (C=O) groups is 1. The summed E-state index contributed by atoms with van der Waals surface area (Å²) in [6.07, 6.45) is 1.38. The maximum atomic E-state index is 11.2. The van der Waals surface area contributed by atoms with Crippen LogP contribution >= 0.6 is 9.24 Å². The van der Waals surface area contributed by atoms with E-state index >= 15 is 0 Å². The molecule has 0 N–H and O–H groups in total. The van der Waals surface area contributed by atoms with E-state index in [-0.39, 0.29) is 11.7 Å². The van der Waals surface area contributed by atoms with Crippen LogP contribution in [0.5, 0.6) is 5.75 Å². The predicted molar refractivity (Wildman–Crippen MR) is 107 cm³/mol. The van der Waals surface area contributed by atoms with Gasteiger partial charge in [-0.2, -0.15) is 0 Å². The summed E-state index contributed by atoms with van der Waals surface area (Å²) < 4.78 is 5.86. The lowest BCUT2D eigenvalue weighted by Gasteiger charge is -2.12. The molecule has 2 aromatic carbocycles. The van der Waals surface area contributed by atoms with Gasteiger partial charge in [0.25, 0.3) is 0 Å². The van der Waals surface area contributed by atoms with Gasteiger partial charge in [-0.05, 0) is 66.0 Å². The van der Waals surface area contributed by atoms with Gasteiger partial charge >= 0.3 is 0 Å². The third-order valence-electron chi connectivity index (χ3n) is 4.45. The van der Waals surface area contributed by atoms with Gasteiger partial charge < -0.3 is 9.53 Å². The standard InChI is InChI=1S/C21H24NO2P/c1-13(8-15(3)23)12-24-18-6-7-19-17(9-18)10-20(22-19)16-5-4-14(2)21(25)11-16/h4-7,9,11,13H,8,10,12,25H2,1-3H3/t13-/m1/s1. The number of nitrogens with zero attached hydrogens (tertiary/aromatic N) is 1. The van der Waals surface area contributed by atoms with Gasteiger partial charge in [-0.1, -0.05) is 19.1 Å². The van der Waals surface area contributed by atoms with E-state index in [1.807, 2.05) is 19.1 Å². The lowest BCUT2D eigenvalue weighted by atomic mass is 10.0. The van der Waals surface area contributed by atoms with Crippen molar-refractivity contribution in [1.82, 2.24) is 0 Å². The summed E-state index contributed by atoms with van der Waals surface area (Å²) >= 11 is 0. The smallest absolute Gasteiger partial charge is 0.130 e. The van der Waals surface area contributed by atoms with Crippen LogP contribution in [0.4, 0.5) is 5.69 Å². The molecule has 0 spiro atoms. The molecule has 0 aliphatic carbocycles. The third kappa shape index (κ3) is 4.35. The van der Waals surface area contributed by atoms with E-state index in [0.29, 0.717) is 13.0 Å². The number of ether oxygens (including phenoxy) is 1. The lowest BCUT2D eigenvalue weighted by molar-refractivity contribution is -0.118. The zero-order valence-corrected chi connectivity index (χ0v) is 16.2. The maximum Gasteiger partial charge on any atom is 0.130 e. The molecular weight excluding hydrogens is 329 g/mol. The molecule has 1 aliphatic heterocycles. The number of carbonyl (C=O) groups excluding carboxylic acids is 1. The van der Waals surface area contributed by atoms with Crippen molar-refractivity contribution in [2.24, 2.45) is 10.9 Å². The number of rotatable bonds is 6. The van der Waals surface area contributed by atoms with Crippen LogP contribution in [0.25, 0.3) is 0 Å². The summed E-state index contributed by atoms with van der Waals surface area (Å²) in [4.78, 5) is 15.9. The molecule has 0 aromatic heterocycles. The highest BCUT2D eigenvalue weighted by molar-refractivity contribution is 7.27. The highest BCUT2D eigenvalue weighted by atomic mass is 31.0. The highest BCUT2D eigenvalue weighted by Gasteiger charge is 2.17. The van der Waals surface area contributed by atoms with Crippen LogP contribution < -0.4 is 10.0 Å². The van der Waals surface area contributed by atoms with Crippen molar-refractivity contribution in [3.63, 3.8) is 0 Å². The van der Waals surface area contributed by atoms with Crippen LogP contribution in [0.2, 0.25) is 0 Å². The molecule has 3 rings (SSSR count). The van der Waals surface area contributed by atoms with Gasteiger partial charge in [0.2, 0.25) is 0 Å². The summed E-state index contributed by atoms with van der Waals surface area (Å²) in [7, 11) is 2.78. The molecule has 1 heterocycles. The van der Waals surface area contributed by atoms with Crippen LogP contribution in [0.1, 0.15) is 37.0 Å². The molecule has 0 saturated heterocycles. The molecule has 2 atom stereocenters. The average Bonchev–Trinajstić information content (AvgIpc) is 2.98. The Morgan fingerprint density at radius 1 is 1.28 bits per heavy atom. The molecular formula is C21H24NO2P. The maximum absolute atomic E-state index is 11.2. The summed E-state index contributed by atoms with van der Waals surface area (Å²) in [5.74, 6) is 1.28. The van der Waals surface area contributed by atoms with Gasteiger partial charge in [-0.15, -0.1) is 9.24 Å². The van der Waals surface area contributed by atoms with Crippen molar-refractivity contribution in [3.8, 4) is 5.75 Å². The minimum absolute atomic E-state index is 0.203. The molecule has 0 bridgehead atoms. The van der Waals surface area contributed by atoms with Crippen LogP contribution in [-0.2, 0) is 11.2 Å². The monoisotopic (exact) mass is 353 g/mol. The largest absolute Gasteiger partial charge is 0.493 e. The van der Waals surface area contributed by atoms with Crippen molar-refractivity contribution in [2.45, 2.75) is 33.6 Å². The Balaban J connectivity index is 1.68. The van der Waals surface area contributed by atoms with Crippen LogP contribution in [-0.4, -0.2) is 18.1 Å². The fourth-order valence-corrected chi connectivity index (χ4v) is 3.32. The van der Waals surface area contributed by atoms with Gasteiger partial charge in [-0.3, -0.25) is 4.99 Å². The number of Topliss-reactive ketones (excluding diaryl/α,β-unsaturated/α-hetero) is 1. The number of fused-ring (bicyclic) bond motifs is 1. The molecule has 1 unspecified atom stereocenters. The molecule has 1 aliphatic rings. The van der Waals surface area contributed by atoms with Crippen molar-refractivity contribution in [1.29, 1.82) is 0 Å². The summed E-state index contributed by atoms with van der Waals surface area (Å²) in [6, 6.07) is 12.5. The second-order valence-corrected chi connectivity index (χ2v) is 7.54. The molecule has 130 valence electrons. The summed E-state index contributed by atoms with van der Waals surface area (Å²) in [5.41, 5.74) is 5.74. The van der Waals surface area contributed by atoms with E-state index in [4.69, 9.17) is 9.73 Å². The first-order chi connectivity index (χ1) is 11.9. The summed E-state index contributed by atoms with van der Waals surface area (Å²) in [6.45, 7) is 6.32. The highest BCUT2D eigenvalue weighted by Crippen LogP contribution is 2.32. The molecule has 4 heteroatoms. The molecule has 0 fully saturated rings. The molecule has 3 nitrogen and oxygen atoms in total. The van der Waals surface area contributed by atoms with Gasteiger partial charge in [-0.25, -0.2) is 0 Å². The Hall–Kier alpha value is -1.99. The summed E-state index contributed by atoms with van der Waals surface area (Å²) in [5, 5.41) is 1.21. The van der Waals surface area contributed by atoms with E-state index < -0.39 is 0 Å². The zero-order valence-electron chi connectivity index (χ0n) is 15.0. The Kier molecular flexibility index (Phi) is 5.34. The fraction of sp³-hybridized carbons (Fsp3) is 0.333. The normalized spacial score (nSPS) is 14.0. The number of aryl methyl sites for hydroxylation is 1. The Morgan fingerprint density at radius 2 is 2.08 bits per heavy atom. The predicted octanol–water partition coefficient (Wildman–Crippen LogP) is 4.17. The van der Waals surface area contributed by atoms with Crippen molar-refractivity contribution >= 4 is 31.7 Å². The molecule has 2 aromatic rings. The first-order valence-corrected chi connectivity index (χ1v) is 9.19.